The lowest BCUT2D eigenvalue weighted by Crippen LogP contribution is -2.67. The second kappa shape index (κ2) is 8.84. The molecular weight excluding hydrogens is 533 g/mol. The molecule has 0 aromatic carbocycles. The van der Waals surface area contributed by atoms with Gasteiger partial charge in [-0.1, -0.05) is 40.2 Å². The van der Waals surface area contributed by atoms with E-state index >= 15 is 0 Å². The first-order valence-electron chi connectivity index (χ1n) is 14.9. The van der Waals surface area contributed by atoms with E-state index in [0.717, 1.165) is 5.57 Å². The third-order valence-electron chi connectivity index (χ3n) is 12.7. The van der Waals surface area contributed by atoms with Crippen molar-refractivity contribution in [2.45, 2.75) is 105 Å². The Morgan fingerprint density at radius 1 is 1.10 bits per heavy atom. The first kappa shape index (κ1) is 30.1. The highest BCUT2D eigenvalue weighted by atomic mass is 19.4. The molecule has 5 aliphatic carbocycles. The van der Waals surface area contributed by atoms with Crippen LogP contribution in [-0.2, 0) is 9.59 Å². The molecule has 0 saturated heterocycles. The number of carbonyl (C=O) groups excluding carboxylic acids is 2. The number of alkyl halides is 3. The normalized spacial score (nSPS) is 45.3. The van der Waals surface area contributed by atoms with Crippen molar-refractivity contribution in [3.8, 4) is 6.07 Å². The van der Waals surface area contributed by atoms with Crippen molar-refractivity contribution < 1.29 is 33.0 Å². The van der Waals surface area contributed by atoms with Crippen LogP contribution >= 0.6 is 0 Å². The summed E-state index contributed by atoms with van der Waals surface area (Å²) in [4.78, 5) is 28.0. The first-order chi connectivity index (χ1) is 18.7. The van der Waals surface area contributed by atoms with Crippen LogP contribution in [0.15, 0.2) is 23.0 Å². The fourth-order valence-corrected chi connectivity index (χ4v) is 10.3. The zero-order valence-corrected chi connectivity index (χ0v) is 25.0. The Balaban J connectivity index is 1.63. The molecule has 0 aromatic heterocycles. The van der Waals surface area contributed by atoms with E-state index in [0.29, 0.717) is 44.9 Å². The van der Waals surface area contributed by atoms with E-state index in [1.54, 1.807) is 13.0 Å². The van der Waals surface area contributed by atoms with Gasteiger partial charge in [0.2, 0.25) is 5.91 Å². The summed E-state index contributed by atoms with van der Waals surface area (Å²) in [5.74, 6) is -2.35. The van der Waals surface area contributed by atoms with Crippen molar-refractivity contribution in [1.82, 2.24) is 5.32 Å². The molecule has 1 unspecified atom stereocenters. The summed E-state index contributed by atoms with van der Waals surface area (Å²) in [6.45, 7) is 10.6. The maximum Gasteiger partial charge on any atom is 0.405 e. The number of hydrogen-bond donors (Lipinski definition) is 3. The highest BCUT2D eigenvalue weighted by Gasteiger charge is 2.71. The second-order valence-corrected chi connectivity index (χ2v) is 15.4. The number of fused-ring (bicyclic) bond motifs is 7. The fourth-order valence-electron chi connectivity index (χ4n) is 10.3. The molecule has 3 saturated carbocycles. The van der Waals surface area contributed by atoms with E-state index in [1.165, 1.54) is 0 Å². The highest BCUT2D eigenvalue weighted by Crippen LogP contribution is 2.74. The summed E-state index contributed by atoms with van der Waals surface area (Å²) >= 11 is 0. The number of carbonyl (C=O) groups is 2. The van der Waals surface area contributed by atoms with Gasteiger partial charge in [-0.15, -0.1) is 0 Å². The molecule has 0 heterocycles. The van der Waals surface area contributed by atoms with Crippen molar-refractivity contribution in [2.24, 2.45) is 44.8 Å². The number of amides is 1. The molecule has 6 nitrogen and oxygen atoms in total. The Morgan fingerprint density at radius 2 is 1.73 bits per heavy atom. The maximum atomic E-state index is 14.4. The predicted octanol–water partition coefficient (Wildman–Crippen LogP) is 6.32. The smallest absolute Gasteiger partial charge is 0.405 e. The third kappa shape index (κ3) is 4.06. The van der Waals surface area contributed by atoms with Crippen LogP contribution in [0, 0.1) is 56.2 Å². The van der Waals surface area contributed by atoms with Gasteiger partial charge in [0.05, 0.1) is 17.1 Å². The number of nitriles is 1. The summed E-state index contributed by atoms with van der Waals surface area (Å²) in [7, 11) is 0. The molecule has 5 aliphatic rings. The van der Waals surface area contributed by atoms with Gasteiger partial charge >= 0.3 is 6.18 Å². The van der Waals surface area contributed by atoms with E-state index < -0.39 is 63.6 Å². The first-order valence-corrected chi connectivity index (χ1v) is 14.9. The Hall–Kier alpha value is -2.34. The molecule has 3 N–H and O–H groups in total. The molecule has 5 rings (SSSR count). The SMILES string of the molecule is CC1(C)CC[C@]2(C(=O)NCC(F)(F)F)CC[C@]3(C)[C@H](C(=O)C=C4[C@@]5(C)CC(C#N)=C(O)[C@@](C)(O)C5CC[C@]43C)[C@@H]2C1. The van der Waals surface area contributed by atoms with Crippen molar-refractivity contribution in [3.63, 3.8) is 0 Å². The molecule has 9 heteroatoms. The lowest BCUT2D eigenvalue weighted by atomic mass is 9.34. The van der Waals surface area contributed by atoms with Crippen LogP contribution in [-0.4, -0.2) is 40.2 Å². The zero-order valence-electron chi connectivity index (χ0n) is 25.0. The van der Waals surface area contributed by atoms with Crippen LogP contribution < -0.4 is 5.32 Å². The quantitative estimate of drug-likeness (QED) is 0.357. The van der Waals surface area contributed by atoms with Crippen molar-refractivity contribution in [1.29, 1.82) is 5.26 Å². The van der Waals surface area contributed by atoms with Crippen molar-refractivity contribution in [3.05, 3.63) is 23.0 Å². The van der Waals surface area contributed by atoms with Gasteiger partial charge in [-0.05, 0) is 86.5 Å². The molecule has 3 fully saturated rings. The minimum absolute atomic E-state index is 0.117. The highest BCUT2D eigenvalue weighted by molar-refractivity contribution is 5.96. The van der Waals surface area contributed by atoms with Gasteiger partial charge in [0.25, 0.3) is 0 Å². The monoisotopic (exact) mass is 576 g/mol. The number of ketones is 1. The number of halogens is 3. The summed E-state index contributed by atoms with van der Waals surface area (Å²) in [5.41, 5.74) is -3.65. The third-order valence-corrected chi connectivity index (χ3v) is 12.7. The largest absolute Gasteiger partial charge is 0.508 e. The molecule has 1 amide bonds. The average molecular weight is 577 g/mol. The summed E-state index contributed by atoms with van der Waals surface area (Å²) in [5, 5.41) is 34.2. The summed E-state index contributed by atoms with van der Waals surface area (Å²) in [6.07, 6.45) is 1.23. The minimum Gasteiger partial charge on any atom is -0.508 e. The fraction of sp³-hybridized carbons (Fsp3) is 0.781. The number of aliphatic hydroxyl groups is 2. The Morgan fingerprint density at radius 3 is 2.34 bits per heavy atom. The van der Waals surface area contributed by atoms with Crippen molar-refractivity contribution in [2.75, 3.05) is 6.54 Å². The van der Waals surface area contributed by atoms with Gasteiger partial charge < -0.3 is 15.5 Å². The standard InChI is InChI=1S/C32H43F3N2O4/c1-26(2)9-11-31(25(40)37-17-32(33,34)35)12-10-29(5)23(19(31)15-26)20(38)13-22-27(3)14-18(16-36)24(39)30(6,41)21(27)7-8-28(22,29)4/h13,19,21,23,39,41H,7-12,14-15,17H2,1-6H3,(H,37,40)/t19-,21?,23-,27-,28+,29+,30-,31-/m0/s1. The Kier molecular flexibility index (Phi) is 6.50. The van der Waals surface area contributed by atoms with Crippen LogP contribution in [0.3, 0.4) is 0 Å². The van der Waals surface area contributed by atoms with Gasteiger partial charge in [0, 0.05) is 17.3 Å². The molecule has 0 aliphatic heterocycles. The molecule has 0 bridgehead atoms. The van der Waals surface area contributed by atoms with Crippen LogP contribution in [0.1, 0.15) is 92.9 Å². The number of aliphatic hydroxyl groups excluding tert-OH is 1. The van der Waals surface area contributed by atoms with E-state index in [-0.39, 0.29) is 29.0 Å². The number of allylic oxidation sites excluding steroid dienone is 3. The van der Waals surface area contributed by atoms with Gasteiger partial charge in [0.1, 0.15) is 17.9 Å². The summed E-state index contributed by atoms with van der Waals surface area (Å²) < 4.78 is 39.4. The van der Waals surface area contributed by atoms with Crippen LogP contribution in [0.5, 0.6) is 0 Å². The van der Waals surface area contributed by atoms with Gasteiger partial charge in [-0.3, -0.25) is 9.59 Å². The van der Waals surface area contributed by atoms with E-state index in [2.05, 4.69) is 39.1 Å². The second-order valence-electron chi connectivity index (χ2n) is 15.4. The lowest BCUT2D eigenvalue weighted by molar-refractivity contribution is -0.184. The molecule has 0 aromatic rings. The predicted molar refractivity (Wildman–Crippen MR) is 146 cm³/mol. The van der Waals surface area contributed by atoms with Crippen molar-refractivity contribution >= 4 is 11.7 Å². The van der Waals surface area contributed by atoms with E-state index in [4.69, 9.17) is 0 Å². The maximum absolute atomic E-state index is 14.4. The van der Waals surface area contributed by atoms with E-state index in [1.807, 2.05) is 6.92 Å². The molecule has 0 radical (unpaired) electrons. The lowest BCUT2D eigenvalue weighted by Gasteiger charge is -2.69. The van der Waals surface area contributed by atoms with Crippen LogP contribution in [0.2, 0.25) is 0 Å². The zero-order chi connectivity index (χ0) is 30.6. The van der Waals surface area contributed by atoms with Crippen LogP contribution in [0.4, 0.5) is 13.2 Å². The Labute approximate surface area is 240 Å². The van der Waals surface area contributed by atoms with Gasteiger partial charge in [-0.25, -0.2) is 0 Å². The number of nitrogens with zero attached hydrogens (tertiary/aromatic N) is 1. The van der Waals surface area contributed by atoms with Crippen LogP contribution in [0.25, 0.3) is 0 Å². The average Bonchev–Trinajstić information content (AvgIpc) is 2.85. The Bertz CT molecular complexity index is 1290. The topological polar surface area (TPSA) is 110 Å². The van der Waals surface area contributed by atoms with Gasteiger partial charge in [-0.2, -0.15) is 18.4 Å². The summed E-state index contributed by atoms with van der Waals surface area (Å²) in [6, 6.07) is 2.07. The van der Waals surface area contributed by atoms with E-state index in [9.17, 15) is 38.2 Å². The number of nitrogens with one attached hydrogen (secondary N) is 1. The number of rotatable bonds is 2. The molecular formula is C32H43F3N2O4. The number of hydrogen-bond acceptors (Lipinski definition) is 5. The molecule has 41 heavy (non-hydrogen) atoms. The minimum atomic E-state index is -4.52. The molecule has 8 atom stereocenters. The molecule has 226 valence electrons. The molecule has 0 spiro atoms. The van der Waals surface area contributed by atoms with Gasteiger partial charge in [0.15, 0.2) is 5.78 Å².